The van der Waals surface area contributed by atoms with E-state index < -0.39 is 11.8 Å². The summed E-state index contributed by atoms with van der Waals surface area (Å²) in [5.41, 5.74) is 0. The highest BCUT2D eigenvalue weighted by Crippen LogP contribution is 2.34. The molecule has 4 N–H and O–H groups in total. The molecule has 8 nitrogen and oxygen atoms in total. The highest BCUT2D eigenvalue weighted by Gasteiger charge is 2.40. The molecular weight excluding hydrogens is 697 g/mol. The summed E-state index contributed by atoms with van der Waals surface area (Å²) in [5, 5.41) is 13.2. The predicted octanol–water partition coefficient (Wildman–Crippen LogP) is 9.88. The minimum Gasteiger partial charge on any atom is -0.353 e. The Kier molecular flexibility index (Phi) is 19.5. The van der Waals surface area contributed by atoms with Crippen LogP contribution in [-0.2, 0) is 19.2 Å². The lowest BCUT2D eigenvalue weighted by atomic mass is 9.79. The minimum absolute atomic E-state index is 0.0301. The second-order valence-corrected chi connectivity index (χ2v) is 21.2. The van der Waals surface area contributed by atoms with E-state index in [1.54, 1.807) is 0 Å². The quantitative estimate of drug-likeness (QED) is 0.104. The van der Waals surface area contributed by atoms with Crippen LogP contribution in [0.3, 0.4) is 0 Å². The highest BCUT2D eigenvalue weighted by molar-refractivity contribution is 5.94. The summed E-state index contributed by atoms with van der Waals surface area (Å²) in [6.07, 6.45) is 20.9. The fourth-order valence-electron chi connectivity index (χ4n) is 11.3. The zero-order chi connectivity index (χ0) is 40.8. The number of rotatable bonds is 19. The maximum absolute atomic E-state index is 14.5. The van der Waals surface area contributed by atoms with Crippen LogP contribution in [0.25, 0.3) is 0 Å². The zero-order valence-corrected chi connectivity index (χ0v) is 37.3. The lowest BCUT2D eigenvalue weighted by molar-refractivity contribution is -0.141. The molecule has 0 heterocycles. The van der Waals surface area contributed by atoms with Gasteiger partial charge in [-0.25, -0.2) is 0 Å². The van der Waals surface area contributed by atoms with E-state index in [2.05, 4.69) is 76.7 Å². The topological polar surface area (TPSA) is 116 Å². The van der Waals surface area contributed by atoms with Crippen molar-refractivity contribution in [2.24, 2.45) is 59.2 Å². The van der Waals surface area contributed by atoms with Crippen molar-refractivity contribution in [3.05, 3.63) is 0 Å². The standard InChI is InChI=1S/C48H86N4O4/c1-31(2)25-35-9-17-39(18-10-35)49-45(53)29-43(47(55)51-41-21-13-37(14-22-41)27-33(5)6)44(48(56)52-42-23-15-38(16-24-42)28-34(7)8)30-46(54)50-40-19-11-36(12-20-40)26-32(3)4/h31-44H,9-30H2,1-8H3,(H,49,53)(H,50,54)(H,51,55)(H,52,56). The molecule has 0 bridgehead atoms. The summed E-state index contributed by atoms with van der Waals surface area (Å²) in [4.78, 5) is 56.9. The molecule has 4 fully saturated rings. The highest BCUT2D eigenvalue weighted by atomic mass is 16.2. The first-order valence-electron chi connectivity index (χ1n) is 23.8. The molecule has 322 valence electrons. The molecule has 0 radical (unpaired) electrons. The smallest absolute Gasteiger partial charge is 0.224 e. The van der Waals surface area contributed by atoms with Crippen molar-refractivity contribution in [2.45, 2.75) is 221 Å². The van der Waals surface area contributed by atoms with Crippen molar-refractivity contribution >= 4 is 23.6 Å². The number of nitrogens with one attached hydrogen (secondary N) is 4. The van der Waals surface area contributed by atoms with Gasteiger partial charge in [-0.2, -0.15) is 0 Å². The number of carbonyl (C=O) groups excluding carboxylic acids is 4. The molecule has 8 heteroatoms. The molecule has 0 spiro atoms. The molecule has 4 rings (SSSR count). The maximum atomic E-state index is 14.5. The molecule has 56 heavy (non-hydrogen) atoms. The molecule has 2 atom stereocenters. The predicted molar refractivity (Wildman–Crippen MR) is 230 cm³/mol. The van der Waals surface area contributed by atoms with Crippen molar-refractivity contribution in [1.29, 1.82) is 0 Å². The van der Waals surface area contributed by atoms with Gasteiger partial charge in [0.25, 0.3) is 0 Å². The van der Waals surface area contributed by atoms with Crippen LogP contribution >= 0.6 is 0 Å². The summed E-state index contributed by atoms with van der Waals surface area (Å²) < 4.78 is 0. The molecule has 4 amide bonds. The summed E-state index contributed by atoms with van der Waals surface area (Å²) in [6.45, 7) is 18.2. The maximum Gasteiger partial charge on any atom is 0.224 e. The van der Waals surface area contributed by atoms with Crippen LogP contribution in [0, 0.1) is 59.2 Å². The zero-order valence-electron chi connectivity index (χ0n) is 37.3. The Morgan fingerprint density at radius 1 is 0.357 bits per heavy atom. The average Bonchev–Trinajstić information content (AvgIpc) is 3.12. The summed E-state index contributed by atoms with van der Waals surface area (Å²) in [6, 6.07) is 0.242. The minimum atomic E-state index is -0.912. The molecule has 2 unspecified atom stereocenters. The number of carbonyl (C=O) groups is 4. The van der Waals surface area contributed by atoms with Crippen LogP contribution in [0.4, 0.5) is 0 Å². The van der Waals surface area contributed by atoms with Crippen LogP contribution < -0.4 is 21.3 Å². The van der Waals surface area contributed by atoms with E-state index in [0.29, 0.717) is 47.3 Å². The van der Waals surface area contributed by atoms with Gasteiger partial charge < -0.3 is 21.3 Å². The van der Waals surface area contributed by atoms with E-state index in [0.717, 1.165) is 103 Å². The van der Waals surface area contributed by atoms with Gasteiger partial charge in [0.1, 0.15) is 0 Å². The molecular formula is C48H86N4O4. The van der Waals surface area contributed by atoms with Gasteiger partial charge in [-0.1, -0.05) is 55.4 Å². The third kappa shape index (κ3) is 16.6. The fraction of sp³-hybridized carbons (Fsp3) is 0.917. The lowest BCUT2D eigenvalue weighted by Crippen LogP contribution is -2.51. The second kappa shape index (κ2) is 23.5. The first-order valence-corrected chi connectivity index (χ1v) is 23.8. The van der Waals surface area contributed by atoms with Crippen molar-refractivity contribution in [3.63, 3.8) is 0 Å². The van der Waals surface area contributed by atoms with Crippen molar-refractivity contribution in [2.75, 3.05) is 0 Å². The summed E-state index contributed by atoms with van der Waals surface area (Å²) in [5.74, 6) is 2.78. The van der Waals surface area contributed by atoms with Gasteiger partial charge in [-0.05, 0) is 176 Å². The van der Waals surface area contributed by atoms with Crippen LogP contribution in [0.5, 0.6) is 0 Å². The van der Waals surface area contributed by atoms with Crippen LogP contribution in [0.2, 0.25) is 0 Å². The number of amides is 4. The molecule has 0 aromatic carbocycles. The van der Waals surface area contributed by atoms with Gasteiger partial charge in [0, 0.05) is 37.0 Å². The lowest BCUT2D eigenvalue weighted by Gasteiger charge is -2.35. The second-order valence-electron chi connectivity index (χ2n) is 21.2. The molecule has 0 aromatic rings. The van der Waals surface area contributed by atoms with E-state index >= 15 is 0 Å². The first kappa shape index (κ1) is 46.6. The molecule has 0 aliphatic heterocycles. The SMILES string of the molecule is CC(C)CC1CCC(NC(=O)CC(C(=O)NC2CCC(CC(C)C)CC2)C(CC(=O)NC2CCC(CC(C)C)CC2)C(=O)NC2CCC(CC(C)C)CC2)CC1. The van der Waals surface area contributed by atoms with E-state index in [-0.39, 0.29) is 60.6 Å². The van der Waals surface area contributed by atoms with E-state index in [9.17, 15) is 19.2 Å². The third-order valence-corrected chi connectivity index (χ3v) is 14.0. The first-order chi connectivity index (χ1) is 26.6. The van der Waals surface area contributed by atoms with Gasteiger partial charge >= 0.3 is 0 Å². The van der Waals surface area contributed by atoms with Gasteiger partial charge in [-0.15, -0.1) is 0 Å². The Morgan fingerprint density at radius 2 is 0.571 bits per heavy atom. The Morgan fingerprint density at radius 3 is 0.786 bits per heavy atom. The van der Waals surface area contributed by atoms with Gasteiger partial charge in [0.15, 0.2) is 0 Å². The molecule has 4 saturated carbocycles. The summed E-state index contributed by atoms with van der Waals surface area (Å²) >= 11 is 0. The summed E-state index contributed by atoms with van der Waals surface area (Å²) in [7, 11) is 0. The Hall–Kier alpha value is -2.12. The fourth-order valence-corrected chi connectivity index (χ4v) is 11.3. The van der Waals surface area contributed by atoms with Crippen molar-refractivity contribution in [3.8, 4) is 0 Å². The largest absolute Gasteiger partial charge is 0.353 e. The Bertz CT molecular complexity index is 1090. The van der Waals surface area contributed by atoms with E-state index in [4.69, 9.17) is 0 Å². The molecule has 4 aliphatic carbocycles. The van der Waals surface area contributed by atoms with Gasteiger partial charge in [0.2, 0.25) is 23.6 Å². The molecule has 4 aliphatic rings. The van der Waals surface area contributed by atoms with Crippen molar-refractivity contribution in [1.82, 2.24) is 21.3 Å². The molecule has 0 aromatic heterocycles. The third-order valence-electron chi connectivity index (χ3n) is 14.0. The van der Waals surface area contributed by atoms with Crippen LogP contribution in [0.15, 0.2) is 0 Å². The van der Waals surface area contributed by atoms with Gasteiger partial charge in [0.05, 0.1) is 11.8 Å². The number of hydrogen-bond acceptors (Lipinski definition) is 4. The Labute approximate surface area is 343 Å². The van der Waals surface area contributed by atoms with Crippen LogP contribution in [-0.4, -0.2) is 47.8 Å². The monoisotopic (exact) mass is 783 g/mol. The molecule has 0 saturated heterocycles. The average molecular weight is 783 g/mol. The number of hydrogen-bond donors (Lipinski definition) is 4. The van der Waals surface area contributed by atoms with E-state index in [1.165, 1.54) is 25.7 Å². The van der Waals surface area contributed by atoms with Crippen LogP contribution in [0.1, 0.15) is 197 Å². The van der Waals surface area contributed by atoms with Gasteiger partial charge in [-0.3, -0.25) is 19.2 Å². The Balaban J connectivity index is 1.49. The van der Waals surface area contributed by atoms with E-state index in [1.807, 2.05) is 0 Å². The van der Waals surface area contributed by atoms with Crippen molar-refractivity contribution < 1.29 is 19.2 Å². The normalized spacial score (nSPS) is 29.9.